The zero-order chi connectivity index (χ0) is 12.3. The van der Waals surface area contributed by atoms with E-state index in [4.69, 9.17) is 4.74 Å². The highest BCUT2D eigenvalue weighted by Gasteiger charge is 2.17. The topological polar surface area (TPSA) is 73.2 Å². The number of ether oxygens (including phenoxy) is 1. The lowest BCUT2D eigenvalue weighted by Gasteiger charge is -2.11. The van der Waals surface area contributed by atoms with Gasteiger partial charge in [-0.25, -0.2) is 8.42 Å². The highest BCUT2D eigenvalue weighted by molar-refractivity contribution is 7.92. The van der Waals surface area contributed by atoms with Crippen molar-refractivity contribution >= 4 is 15.7 Å². The van der Waals surface area contributed by atoms with Gasteiger partial charge in [-0.1, -0.05) is 0 Å². The molecule has 6 nitrogen and oxygen atoms in total. The fraction of sp³-hybridized carbons (Fsp3) is 0.667. The van der Waals surface area contributed by atoms with E-state index in [-0.39, 0.29) is 11.9 Å². The van der Waals surface area contributed by atoms with Crippen LogP contribution >= 0.6 is 0 Å². The fourth-order valence-electron chi connectivity index (χ4n) is 1.19. The van der Waals surface area contributed by atoms with E-state index in [1.54, 1.807) is 25.6 Å². The van der Waals surface area contributed by atoms with Crippen LogP contribution < -0.4 is 4.72 Å². The smallest absolute Gasteiger partial charge is 0.235 e. The van der Waals surface area contributed by atoms with Crippen molar-refractivity contribution in [3.63, 3.8) is 0 Å². The number of methoxy groups -OCH3 is 1. The van der Waals surface area contributed by atoms with Gasteiger partial charge in [0, 0.05) is 14.2 Å². The van der Waals surface area contributed by atoms with Gasteiger partial charge in [0.1, 0.15) is 0 Å². The molecule has 0 amide bonds. The summed E-state index contributed by atoms with van der Waals surface area (Å²) in [4.78, 5) is 0. The highest BCUT2D eigenvalue weighted by Crippen LogP contribution is 2.14. The van der Waals surface area contributed by atoms with E-state index in [2.05, 4.69) is 9.82 Å². The molecule has 0 aliphatic heterocycles. The molecule has 16 heavy (non-hydrogen) atoms. The van der Waals surface area contributed by atoms with Gasteiger partial charge in [-0.2, -0.15) is 5.10 Å². The molecule has 0 saturated heterocycles. The molecule has 1 aromatic rings. The van der Waals surface area contributed by atoms with E-state index in [0.717, 1.165) is 5.69 Å². The van der Waals surface area contributed by atoms with E-state index in [0.29, 0.717) is 5.69 Å². The minimum Gasteiger partial charge on any atom is -0.381 e. The predicted molar refractivity (Wildman–Crippen MR) is 61.8 cm³/mol. The maximum atomic E-state index is 11.7. The number of anilines is 1. The number of sulfonamides is 1. The summed E-state index contributed by atoms with van der Waals surface area (Å²) in [6, 6.07) is 0. The molecule has 1 heterocycles. The number of aryl methyl sites for hydroxylation is 1. The van der Waals surface area contributed by atoms with Crippen molar-refractivity contribution in [3.8, 4) is 0 Å². The first-order valence-corrected chi connectivity index (χ1v) is 6.53. The SMILES string of the molecule is CO[C@H](C)CS(=O)(=O)Nc1cnn(C)c1C. The van der Waals surface area contributed by atoms with Gasteiger partial charge in [0.15, 0.2) is 0 Å². The average Bonchev–Trinajstić information content (AvgIpc) is 2.48. The maximum Gasteiger partial charge on any atom is 0.235 e. The van der Waals surface area contributed by atoms with E-state index in [1.165, 1.54) is 13.3 Å². The molecule has 0 unspecified atom stereocenters. The summed E-state index contributed by atoms with van der Waals surface area (Å²) in [5.41, 5.74) is 1.28. The molecular weight excluding hydrogens is 230 g/mol. The number of rotatable bonds is 5. The second kappa shape index (κ2) is 4.84. The Balaban J connectivity index is 2.77. The van der Waals surface area contributed by atoms with Gasteiger partial charge < -0.3 is 4.74 Å². The fourth-order valence-corrected chi connectivity index (χ4v) is 2.56. The van der Waals surface area contributed by atoms with Crippen molar-refractivity contribution < 1.29 is 13.2 Å². The van der Waals surface area contributed by atoms with Gasteiger partial charge in [-0.05, 0) is 13.8 Å². The monoisotopic (exact) mass is 247 g/mol. The summed E-state index contributed by atoms with van der Waals surface area (Å²) < 4.78 is 32.4. The summed E-state index contributed by atoms with van der Waals surface area (Å²) >= 11 is 0. The molecule has 0 fully saturated rings. The van der Waals surface area contributed by atoms with Crippen molar-refractivity contribution in [1.29, 1.82) is 0 Å². The van der Waals surface area contributed by atoms with Gasteiger partial charge in [0.05, 0.1) is 29.4 Å². The van der Waals surface area contributed by atoms with E-state index in [1.807, 2.05) is 0 Å². The van der Waals surface area contributed by atoms with Crippen molar-refractivity contribution in [2.75, 3.05) is 17.6 Å². The third-order valence-corrected chi connectivity index (χ3v) is 3.80. The molecular formula is C9H17N3O3S. The summed E-state index contributed by atoms with van der Waals surface area (Å²) in [6.45, 7) is 3.50. The largest absolute Gasteiger partial charge is 0.381 e. The Bertz CT molecular complexity index is 453. The Morgan fingerprint density at radius 3 is 2.69 bits per heavy atom. The second-order valence-corrected chi connectivity index (χ2v) is 5.46. The van der Waals surface area contributed by atoms with Crippen LogP contribution in [0.3, 0.4) is 0 Å². The van der Waals surface area contributed by atoms with Gasteiger partial charge >= 0.3 is 0 Å². The van der Waals surface area contributed by atoms with Crippen molar-refractivity contribution in [3.05, 3.63) is 11.9 Å². The third kappa shape index (κ3) is 3.21. The Morgan fingerprint density at radius 1 is 1.62 bits per heavy atom. The minimum absolute atomic E-state index is 0.0716. The molecule has 0 aliphatic rings. The number of hydrogen-bond acceptors (Lipinski definition) is 4. The lowest BCUT2D eigenvalue weighted by Crippen LogP contribution is -2.25. The molecule has 0 bridgehead atoms. The predicted octanol–water partition coefficient (Wildman–Crippen LogP) is 0.505. The standard InChI is InChI=1S/C9H17N3O3S/c1-7(15-4)6-16(13,14)11-9-5-10-12(3)8(9)2/h5,7,11H,6H2,1-4H3/t7-/m1/s1. The van der Waals surface area contributed by atoms with E-state index in [9.17, 15) is 8.42 Å². The van der Waals surface area contributed by atoms with E-state index < -0.39 is 10.0 Å². The van der Waals surface area contributed by atoms with Crippen LogP contribution in [-0.4, -0.2) is 37.2 Å². The molecule has 1 atom stereocenters. The molecule has 0 aliphatic carbocycles. The van der Waals surface area contributed by atoms with Gasteiger partial charge in [0.2, 0.25) is 10.0 Å². The van der Waals surface area contributed by atoms with Crippen LogP contribution in [0.15, 0.2) is 6.20 Å². The maximum absolute atomic E-state index is 11.7. The Kier molecular flexibility index (Phi) is 3.93. The first-order valence-electron chi connectivity index (χ1n) is 4.87. The van der Waals surface area contributed by atoms with Crippen LogP contribution in [0.5, 0.6) is 0 Å². The number of nitrogens with one attached hydrogen (secondary N) is 1. The van der Waals surface area contributed by atoms with Gasteiger partial charge in [0.25, 0.3) is 0 Å². The number of hydrogen-bond donors (Lipinski definition) is 1. The summed E-state index contributed by atoms with van der Waals surface area (Å²) in [5.74, 6) is -0.0716. The molecule has 1 aromatic heterocycles. The normalized spacial score (nSPS) is 13.8. The van der Waals surface area contributed by atoms with Crippen LogP contribution in [0.1, 0.15) is 12.6 Å². The molecule has 1 rings (SSSR count). The molecule has 0 spiro atoms. The van der Waals surface area contributed by atoms with Crippen molar-refractivity contribution in [2.45, 2.75) is 20.0 Å². The lowest BCUT2D eigenvalue weighted by atomic mass is 10.4. The quantitative estimate of drug-likeness (QED) is 0.822. The number of aromatic nitrogens is 2. The second-order valence-electron chi connectivity index (χ2n) is 3.70. The van der Waals surface area contributed by atoms with Gasteiger partial charge in [-0.3, -0.25) is 9.40 Å². The first-order chi connectivity index (χ1) is 7.35. The first kappa shape index (κ1) is 13.0. The molecule has 1 N–H and O–H groups in total. The minimum atomic E-state index is -3.38. The summed E-state index contributed by atoms with van der Waals surface area (Å²) in [5, 5.41) is 3.96. The molecule has 0 radical (unpaired) electrons. The Morgan fingerprint density at radius 2 is 2.25 bits per heavy atom. The Labute approximate surface area is 95.7 Å². The average molecular weight is 247 g/mol. The zero-order valence-corrected chi connectivity index (χ0v) is 10.7. The van der Waals surface area contributed by atoms with Crippen molar-refractivity contribution in [2.24, 2.45) is 7.05 Å². The van der Waals surface area contributed by atoms with Crippen LogP contribution in [0.25, 0.3) is 0 Å². The molecule has 0 saturated carbocycles. The highest BCUT2D eigenvalue weighted by atomic mass is 32.2. The van der Waals surface area contributed by atoms with Crippen LogP contribution in [-0.2, 0) is 21.8 Å². The zero-order valence-electron chi connectivity index (χ0n) is 9.89. The summed E-state index contributed by atoms with van der Waals surface area (Å²) in [6.07, 6.45) is 1.15. The molecule has 0 aromatic carbocycles. The lowest BCUT2D eigenvalue weighted by molar-refractivity contribution is 0.136. The Hall–Kier alpha value is -1.08. The van der Waals surface area contributed by atoms with Crippen LogP contribution in [0.2, 0.25) is 0 Å². The third-order valence-electron chi connectivity index (χ3n) is 2.36. The number of nitrogens with zero attached hydrogens (tertiary/aromatic N) is 2. The molecule has 92 valence electrons. The molecule has 7 heteroatoms. The summed E-state index contributed by atoms with van der Waals surface area (Å²) in [7, 11) is -0.147. The van der Waals surface area contributed by atoms with Crippen LogP contribution in [0, 0.1) is 6.92 Å². The van der Waals surface area contributed by atoms with Crippen LogP contribution in [0.4, 0.5) is 5.69 Å². The van der Waals surface area contributed by atoms with E-state index >= 15 is 0 Å². The van der Waals surface area contributed by atoms with Crippen molar-refractivity contribution in [1.82, 2.24) is 9.78 Å². The van der Waals surface area contributed by atoms with Gasteiger partial charge in [-0.15, -0.1) is 0 Å².